The number of nitrogens with one attached hydrogen (secondary N) is 2. The van der Waals surface area contributed by atoms with E-state index >= 15 is 0 Å². The summed E-state index contributed by atoms with van der Waals surface area (Å²) >= 11 is 0. The van der Waals surface area contributed by atoms with E-state index in [1.165, 1.54) is 17.2 Å². The van der Waals surface area contributed by atoms with Crippen molar-refractivity contribution in [3.63, 3.8) is 0 Å². The first-order chi connectivity index (χ1) is 33.4. The van der Waals surface area contributed by atoms with E-state index < -0.39 is 64.6 Å². The lowest BCUT2D eigenvalue weighted by molar-refractivity contribution is -0.308. The van der Waals surface area contributed by atoms with E-state index in [1.807, 2.05) is 6.26 Å². The summed E-state index contributed by atoms with van der Waals surface area (Å²) in [5, 5.41) is 63.4. The molecule has 6 aliphatic rings. The number of carbonyl (C=O) groups is 4. The molecule has 15 atom stereocenters. The van der Waals surface area contributed by atoms with Gasteiger partial charge < -0.3 is 60.9 Å². The fraction of sp³-hybridized carbons (Fsp3) is 0.780. The van der Waals surface area contributed by atoms with Crippen LogP contribution in [0.4, 0.5) is 5.82 Å². The van der Waals surface area contributed by atoms with E-state index in [2.05, 4.69) is 39.4 Å². The summed E-state index contributed by atoms with van der Waals surface area (Å²) in [6.07, 6.45) is 13.8. The van der Waals surface area contributed by atoms with Crippen molar-refractivity contribution in [2.45, 2.75) is 171 Å². The molecule has 8 N–H and O–H groups in total. The van der Waals surface area contributed by atoms with Crippen LogP contribution in [-0.2, 0) is 44.3 Å². The number of anilines is 1. The lowest BCUT2D eigenvalue weighted by Crippen LogP contribution is -2.67. The molecule has 20 heteroatoms. The predicted octanol–water partition coefficient (Wildman–Crippen LogP) is 1.75. The molecular formula is C50H75N7O12S. The van der Waals surface area contributed by atoms with Crippen molar-refractivity contribution >= 4 is 51.6 Å². The number of unbranched alkanes of at least 4 members (excludes halogenated alkanes) is 4. The zero-order valence-electron chi connectivity index (χ0n) is 41.0. The second kappa shape index (κ2) is 22.1. The van der Waals surface area contributed by atoms with Crippen LogP contribution in [0.5, 0.6) is 0 Å². The first-order valence-corrected chi connectivity index (χ1v) is 27.6. The zero-order valence-corrected chi connectivity index (χ0v) is 41.8. The van der Waals surface area contributed by atoms with E-state index in [0.29, 0.717) is 80.3 Å². The molecule has 4 heterocycles. The number of rotatable bonds is 22. The predicted molar refractivity (Wildman–Crippen MR) is 257 cm³/mol. The van der Waals surface area contributed by atoms with Gasteiger partial charge in [0.25, 0.3) is 0 Å². The number of nitrogens with zero attached hydrogens (tertiary/aromatic N) is 4. The number of nitrogens with two attached hydrogens (primary N) is 1. The van der Waals surface area contributed by atoms with Crippen molar-refractivity contribution < 1.29 is 58.9 Å². The van der Waals surface area contributed by atoms with Crippen molar-refractivity contribution in [1.29, 1.82) is 0 Å². The van der Waals surface area contributed by atoms with Crippen LogP contribution in [0.1, 0.15) is 129 Å². The number of esters is 1. The summed E-state index contributed by atoms with van der Waals surface area (Å²) in [7, 11) is -0.435. The molecule has 2 aliphatic heterocycles. The van der Waals surface area contributed by atoms with Gasteiger partial charge in [-0.3, -0.25) is 14.2 Å². The Morgan fingerprint density at radius 2 is 1.74 bits per heavy atom. The van der Waals surface area contributed by atoms with Gasteiger partial charge in [0.05, 0.1) is 42.4 Å². The molecule has 4 saturated carbocycles. The summed E-state index contributed by atoms with van der Waals surface area (Å²) in [5.74, 6) is -0.355. The molecular weight excluding hydrogens is 923 g/mol. The molecule has 2 aromatic rings. The highest BCUT2D eigenvalue weighted by Gasteiger charge is 2.71. The fourth-order valence-electron chi connectivity index (χ4n) is 13.6. The Hall–Kier alpha value is -3.92. The van der Waals surface area contributed by atoms with Gasteiger partial charge >= 0.3 is 5.97 Å². The number of amides is 2. The maximum atomic E-state index is 12.7. The Labute approximate surface area is 412 Å². The van der Waals surface area contributed by atoms with Crippen LogP contribution in [0.25, 0.3) is 11.2 Å². The smallest absolute Gasteiger partial charge is 0.331 e. The van der Waals surface area contributed by atoms with Crippen LogP contribution in [-0.4, -0.2) is 143 Å². The Morgan fingerprint density at radius 3 is 2.50 bits per heavy atom. The molecule has 5 fully saturated rings. The number of aliphatic carboxylic acids is 1. The highest BCUT2D eigenvalue weighted by Crippen LogP contribution is 2.70. The highest BCUT2D eigenvalue weighted by atomic mass is 32.2. The summed E-state index contributed by atoms with van der Waals surface area (Å²) in [6, 6.07) is -1.17. The van der Waals surface area contributed by atoms with Gasteiger partial charge in [-0.05, 0) is 123 Å². The van der Waals surface area contributed by atoms with Crippen molar-refractivity contribution in [1.82, 2.24) is 30.2 Å². The van der Waals surface area contributed by atoms with E-state index in [1.54, 1.807) is 6.08 Å². The molecule has 0 aromatic carbocycles. The van der Waals surface area contributed by atoms with Crippen LogP contribution in [0.2, 0.25) is 0 Å². The quantitative estimate of drug-likeness (QED) is 0.0502. The molecule has 0 spiro atoms. The Bertz CT molecular complexity index is 2230. The molecule has 2 unspecified atom stereocenters. The lowest BCUT2D eigenvalue weighted by Gasteiger charge is -2.65. The molecule has 4 aliphatic carbocycles. The van der Waals surface area contributed by atoms with Crippen LogP contribution in [0, 0.1) is 34.5 Å². The van der Waals surface area contributed by atoms with Gasteiger partial charge in [-0.1, -0.05) is 26.7 Å². The number of hydrogen-bond donors (Lipinski definition) is 7. The SMILES string of the molecule is C[S+](CC[C@H](NC(=O)CCCCCNC(=O)CCCCCO[C@@H]1CC[C@@]2(C)[C@H](CCC3[C@@H]2C[C@@H](O)[C@]2(C)[C@@H](C4=CC(=O)OC4)CC[C@]32O)C1)C(=O)[O-])C[C@H]1O[C@@H](n2cnc3c(N)ncnc32)[C@H](O)[C@@H]1O. The largest absolute Gasteiger partial charge is 0.548 e. The molecule has 0 bridgehead atoms. The minimum absolute atomic E-state index is 0.00395. The van der Waals surface area contributed by atoms with E-state index in [9.17, 15) is 44.7 Å². The second-order valence-corrected chi connectivity index (χ2v) is 23.9. The van der Waals surface area contributed by atoms with E-state index in [0.717, 1.165) is 63.4 Å². The molecule has 1 saturated heterocycles. The number of aromatic nitrogens is 4. The minimum Gasteiger partial charge on any atom is -0.548 e. The average molecular weight is 998 g/mol. The van der Waals surface area contributed by atoms with Gasteiger partial charge in [-0.2, -0.15) is 0 Å². The van der Waals surface area contributed by atoms with Crippen LogP contribution < -0.4 is 21.5 Å². The molecule has 8 rings (SSSR count). The summed E-state index contributed by atoms with van der Waals surface area (Å²) in [4.78, 5) is 61.3. The third-order valence-corrected chi connectivity index (χ3v) is 19.5. The first-order valence-electron chi connectivity index (χ1n) is 25.6. The number of imidazole rings is 1. The van der Waals surface area contributed by atoms with Crippen LogP contribution in [0.15, 0.2) is 24.3 Å². The number of nitrogen functional groups attached to an aromatic ring is 1. The lowest BCUT2D eigenvalue weighted by atomic mass is 9.42. The van der Waals surface area contributed by atoms with E-state index in [-0.39, 0.29) is 72.3 Å². The van der Waals surface area contributed by atoms with Crippen molar-refractivity contribution in [2.75, 3.05) is 43.3 Å². The van der Waals surface area contributed by atoms with Gasteiger partial charge in [-0.15, -0.1) is 0 Å². The number of fused-ring (bicyclic) bond motifs is 6. The molecule has 2 aromatic heterocycles. The summed E-state index contributed by atoms with van der Waals surface area (Å²) < 4.78 is 19.2. The summed E-state index contributed by atoms with van der Waals surface area (Å²) in [5.41, 5.74) is 5.86. The van der Waals surface area contributed by atoms with Crippen molar-refractivity contribution in [2.24, 2.45) is 34.5 Å². The van der Waals surface area contributed by atoms with Crippen molar-refractivity contribution in [3.05, 3.63) is 24.3 Å². The number of carbonyl (C=O) groups excluding carboxylic acids is 4. The molecule has 19 nitrogen and oxygen atoms in total. The van der Waals surface area contributed by atoms with Gasteiger partial charge in [0.1, 0.15) is 48.3 Å². The van der Waals surface area contributed by atoms with Crippen molar-refractivity contribution in [3.8, 4) is 0 Å². The molecule has 70 heavy (non-hydrogen) atoms. The second-order valence-electron chi connectivity index (χ2n) is 21.6. The number of cyclic esters (lactones) is 1. The highest BCUT2D eigenvalue weighted by molar-refractivity contribution is 7.96. The van der Waals surface area contributed by atoms with Crippen LogP contribution in [0.3, 0.4) is 0 Å². The first kappa shape index (κ1) is 52.4. The van der Waals surface area contributed by atoms with Gasteiger partial charge in [0.15, 0.2) is 17.7 Å². The normalized spacial score (nSPS) is 35.6. The monoisotopic (exact) mass is 998 g/mol. The Morgan fingerprint density at radius 1 is 0.971 bits per heavy atom. The third-order valence-electron chi connectivity index (χ3n) is 17.7. The number of aliphatic hydroxyl groups is 4. The van der Waals surface area contributed by atoms with Crippen LogP contribution >= 0.6 is 0 Å². The van der Waals surface area contributed by atoms with Gasteiger partial charge in [-0.25, -0.2) is 19.7 Å². The Balaban J connectivity index is 0.653. The minimum atomic E-state index is -1.37. The van der Waals surface area contributed by atoms with Gasteiger partial charge in [0, 0.05) is 43.9 Å². The number of carboxylic acid groups (broad SMARTS) is 1. The number of aliphatic hydroxyl groups excluding tert-OH is 3. The number of carboxylic acids is 1. The average Bonchev–Trinajstić information content (AvgIpc) is 4.09. The maximum Gasteiger partial charge on any atom is 0.331 e. The Kier molecular flexibility index (Phi) is 16.5. The third kappa shape index (κ3) is 10.6. The molecule has 388 valence electrons. The molecule has 2 amide bonds. The summed E-state index contributed by atoms with van der Waals surface area (Å²) in [6.45, 7) is 5.86. The van der Waals surface area contributed by atoms with Gasteiger partial charge in [0.2, 0.25) is 11.8 Å². The molecule has 0 radical (unpaired) electrons. The number of hydrogen-bond acceptors (Lipinski definition) is 16. The topological polar surface area (TPSA) is 294 Å². The fourth-order valence-corrected chi connectivity index (χ4v) is 15.2. The van der Waals surface area contributed by atoms with E-state index in [4.69, 9.17) is 19.9 Å². The maximum absolute atomic E-state index is 12.7. The standard InChI is InChI=1S/C50H75N7O12S/c1-48-17-14-31(23-30(48)12-13-33-34(48)24-37(58)49(2)32(15-18-50(33,49)66)29-22-40(61)68-25-29)67-20-9-5-7-10-38(59)52-19-8-4-6-11-39(60)56-35(47(64)65)16-21-70(3)26-36-42(62)43(63)46(69-36)57-28-55-41-44(51)53-27-54-45(41)57/h22,27-28,30-37,42-43,46,58,62-63,66H,4-21,23-26H2,1-3H3,(H4-,51,52,53,54,56,59,60,64,65)/t30-,31-,32-,33?,34+,35+,36-,37-,42-,43-,46-,48+,49+,50+,70?/m1/s1. The zero-order chi connectivity index (χ0) is 50.0. The number of ether oxygens (including phenoxy) is 3.